The van der Waals surface area contributed by atoms with E-state index in [0.717, 1.165) is 24.4 Å². The quantitative estimate of drug-likeness (QED) is 0.887. The van der Waals surface area contributed by atoms with Crippen LogP contribution in [0, 0.1) is 0 Å². The molecule has 0 unspecified atom stereocenters. The zero-order valence-electron chi connectivity index (χ0n) is 10.1. The number of nitrogens with zero attached hydrogens (tertiary/aromatic N) is 4. The van der Waals surface area contributed by atoms with Crippen LogP contribution in [0.2, 0.25) is 0 Å². The van der Waals surface area contributed by atoms with E-state index in [9.17, 15) is 0 Å². The van der Waals surface area contributed by atoms with Crippen molar-refractivity contribution in [3.8, 4) is 0 Å². The zero-order chi connectivity index (χ0) is 12.2. The van der Waals surface area contributed by atoms with Gasteiger partial charge in [0, 0.05) is 17.5 Å². The first-order valence-corrected chi connectivity index (χ1v) is 6.25. The number of aromatic nitrogens is 4. The molecule has 1 aliphatic carbocycles. The summed E-state index contributed by atoms with van der Waals surface area (Å²) in [5.41, 5.74) is 3.44. The summed E-state index contributed by atoms with van der Waals surface area (Å²) in [6.45, 7) is 0.673. The molecule has 2 aromatic heterocycles. The normalized spacial score (nSPS) is 14.0. The minimum Gasteiger partial charge on any atom is -0.364 e. The van der Waals surface area contributed by atoms with Crippen molar-refractivity contribution in [3.05, 3.63) is 41.9 Å². The maximum atomic E-state index is 4.36. The van der Waals surface area contributed by atoms with Crippen LogP contribution in [0.4, 0.5) is 5.82 Å². The minimum absolute atomic E-state index is 0.673. The van der Waals surface area contributed by atoms with Crippen molar-refractivity contribution in [1.82, 2.24) is 19.9 Å². The Morgan fingerprint density at radius 2 is 2.00 bits per heavy atom. The number of hydrogen-bond donors (Lipinski definition) is 1. The fraction of sp³-hybridized carbons (Fsp3) is 0.385. The van der Waals surface area contributed by atoms with Gasteiger partial charge < -0.3 is 5.32 Å². The molecule has 0 fully saturated rings. The second-order valence-electron chi connectivity index (χ2n) is 4.41. The van der Waals surface area contributed by atoms with Gasteiger partial charge in [-0.2, -0.15) is 0 Å². The second-order valence-corrected chi connectivity index (χ2v) is 4.41. The first-order chi connectivity index (χ1) is 8.93. The molecule has 0 radical (unpaired) electrons. The summed E-state index contributed by atoms with van der Waals surface area (Å²) in [6.07, 6.45) is 9.55. The van der Waals surface area contributed by atoms with Gasteiger partial charge in [-0.1, -0.05) is 0 Å². The molecule has 3 rings (SSSR count). The number of hydrogen-bond acceptors (Lipinski definition) is 5. The lowest BCUT2D eigenvalue weighted by Gasteiger charge is -2.17. The van der Waals surface area contributed by atoms with Gasteiger partial charge in [-0.25, -0.2) is 19.9 Å². The van der Waals surface area contributed by atoms with E-state index in [1.54, 1.807) is 18.9 Å². The van der Waals surface area contributed by atoms with Crippen molar-refractivity contribution in [2.75, 3.05) is 5.32 Å². The molecule has 5 nitrogen and oxygen atoms in total. The Morgan fingerprint density at radius 3 is 2.89 bits per heavy atom. The summed E-state index contributed by atoms with van der Waals surface area (Å²) < 4.78 is 0. The molecule has 92 valence electrons. The zero-order valence-corrected chi connectivity index (χ0v) is 10.1. The summed E-state index contributed by atoms with van der Waals surface area (Å²) in [6, 6.07) is 1.90. The highest BCUT2D eigenvalue weighted by atomic mass is 15.0. The van der Waals surface area contributed by atoms with E-state index in [1.165, 1.54) is 24.1 Å². The Morgan fingerprint density at radius 1 is 1.06 bits per heavy atom. The SMILES string of the molecule is c1cc(CNc2ncnc3c2CCCC3)ncn1. The smallest absolute Gasteiger partial charge is 0.133 e. The summed E-state index contributed by atoms with van der Waals surface area (Å²) in [5.74, 6) is 0.957. The van der Waals surface area contributed by atoms with Crippen molar-refractivity contribution in [2.45, 2.75) is 32.2 Å². The largest absolute Gasteiger partial charge is 0.364 e. The fourth-order valence-corrected chi connectivity index (χ4v) is 2.27. The predicted molar refractivity (Wildman–Crippen MR) is 68.0 cm³/mol. The van der Waals surface area contributed by atoms with E-state index in [1.807, 2.05) is 6.07 Å². The molecule has 1 N–H and O–H groups in total. The molecule has 5 heteroatoms. The van der Waals surface area contributed by atoms with Crippen LogP contribution in [0.3, 0.4) is 0 Å². The summed E-state index contributed by atoms with van der Waals surface area (Å²) >= 11 is 0. The minimum atomic E-state index is 0.673. The van der Waals surface area contributed by atoms with Crippen LogP contribution in [-0.2, 0) is 19.4 Å². The predicted octanol–water partition coefficient (Wildman–Crippen LogP) is 1.76. The third-order valence-electron chi connectivity index (χ3n) is 3.21. The average molecular weight is 241 g/mol. The third kappa shape index (κ3) is 2.30. The first-order valence-electron chi connectivity index (χ1n) is 6.25. The summed E-state index contributed by atoms with van der Waals surface area (Å²) in [5, 5.41) is 3.35. The van der Waals surface area contributed by atoms with Crippen LogP contribution in [0.15, 0.2) is 24.9 Å². The highest BCUT2D eigenvalue weighted by Crippen LogP contribution is 2.24. The molecular formula is C13H15N5. The molecule has 0 aromatic carbocycles. The molecule has 0 bridgehead atoms. The molecule has 0 spiro atoms. The maximum Gasteiger partial charge on any atom is 0.133 e. The Kier molecular flexibility index (Phi) is 3.12. The van der Waals surface area contributed by atoms with Crippen LogP contribution < -0.4 is 5.32 Å². The molecule has 0 aliphatic heterocycles. The summed E-state index contributed by atoms with van der Waals surface area (Å²) in [7, 11) is 0. The van der Waals surface area contributed by atoms with Gasteiger partial charge in [0.15, 0.2) is 0 Å². The second kappa shape index (κ2) is 5.08. The topological polar surface area (TPSA) is 63.6 Å². The molecule has 1 aliphatic rings. The standard InChI is InChI=1S/C13H15N5/c1-2-4-12-11(3-1)13(18-9-17-12)15-7-10-5-6-14-8-16-10/h5-6,8-9H,1-4,7H2,(H,15,17,18). The van der Waals surface area contributed by atoms with Crippen molar-refractivity contribution >= 4 is 5.82 Å². The monoisotopic (exact) mass is 241 g/mol. The number of fused-ring (bicyclic) bond motifs is 1. The number of aryl methyl sites for hydroxylation is 1. The van der Waals surface area contributed by atoms with Crippen LogP contribution in [0.1, 0.15) is 29.8 Å². The molecule has 0 saturated carbocycles. The molecule has 2 heterocycles. The van der Waals surface area contributed by atoms with Crippen LogP contribution in [0.5, 0.6) is 0 Å². The van der Waals surface area contributed by atoms with Gasteiger partial charge in [0.1, 0.15) is 18.5 Å². The van der Waals surface area contributed by atoms with Crippen molar-refractivity contribution in [2.24, 2.45) is 0 Å². The lowest BCUT2D eigenvalue weighted by molar-refractivity contribution is 0.663. The third-order valence-corrected chi connectivity index (χ3v) is 3.21. The Balaban J connectivity index is 1.77. The van der Waals surface area contributed by atoms with Gasteiger partial charge >= 0.3 is 0 Å². The summed E-state index contributed by atoms with van der Waals surface area (Å²) in [4.78, 5) is 16.8. The van der Waals surface area contributed by atoms with Crippen molar-refractivity contribution in [1.29, 1.82) is 0 Å². The number of rotatable bonds is 3. The van der Waals surface area contributed by atoms with Gasteiger partial charge in [0.25, 0.3) is 0 Å². The highest BCUT2D eigenvalue weighted by Gasteiger charge is 2.14. The van der Waals surface area contributed by atoms with E-state index in [0.29, 0.717) is 6.54 Å². The highest BCUT2D eigenvalue weighted by molar-refractivity contribution is 5.47. The molecule has 2 aromatic rings. The van der Waals surface area contributed by atoms with Gasteiger partial charge in [0.2, 0.25) is 0 Å². The molecule has 0 atom stereocenters. The fourth-order valence-electron chi connectivity index (χ4n) is 2.27. The van der Waals surface area contributed by atoms with Gasteiger partial charge in [-0.15, -0.1) is 0 Å². The van der Waals surface area contributed by atoms with E-state index in [4.69, 9.17) is 0 Å². The van der Waals surface area contributed by atoms with Crippen molar-refractivity contribution < 1.29 is 0 Å². The number of anilines is 1. The Labute approximate surface area is 106 Å². The van der Waals surface area contributed by atoms with Crippen LogP contribution in [-0.4, -0.2) is 19.9 Å². The van der Waals surface area contributed by atoms with E-state index >= 15 is 0 Å². The van der Waals surface area contributed by atoms with Crippen LogP contribution in [0.25, 0.3) is 0 Å². The Bertz CT molecular complexity index is 526. The van der Waals surface area contributed by atoms with E-state index in [-0.39, 0.29) is 0 Å². The molecular weight excluding hydrogens is 226 g/mol. The van der Waals surface area contributed by atoms with Crippen molar-refractivity contribution in [3.63, 3.8) is 0 Å². The molecule has 18 heavy (non-hydrogen) atoms. The van der Waals surface area contributed by atoms with Gasteiger partial charge in [-0.3, -0.25) is 0 Å². The molecule has 0 amide bonds. The van der Waals surface area contributed by atoms with Gasteiger partial charge in [-0.05, 0) is 31.7 Å². The maximum absolute atomic E-state index is 4.36. The van der Waals surface area contributed by atoms with Gasteiger partial charge in [0.05, 0.1) is 12.2 Å². The lowest BCUT2D eigenvalue weighted by atomic mass is 9.96. The number of nitrogens with one attached hydrogen (secondary N) is 1. The average Bonchev–Trinajstić information content (AvgIpc) is 2.46. The van der Waals surface area contributed by atoms with E-state index in [2.05, 4.69) is 25.3 Å². The Hall–Kier alpha value is -2.04. The van der Waals surface area contributed by atoms with Crippen LogP contribution >= 0.6 is 0 Å². The molecule has 0 saturated heterocycles. The first kappa shape index (κ1) is 11.1. The van der Waals surface area contributed by atoms with E-state index < -0.39 is 0 Å². The lowest BCUT2D eigenvalue weighted by Crippen LogP contribution is -2.12.